The summed E-state index contributed by atoms with van der Waals surface area (Å²) in [5.74, 6) is 2.43. The molecule has 0 amide bonds. The number of nitrogens with zero attached hydrogens (tertiary/aromatic N) is 3. The molecule has 2 aromatic carbocycles. The highest BCUT2D eigenvalue weighted by Crippen LogP contribution is 2.35. The molecule has 0 unspecified atom stereocenters. The molecule has 0 bridgehead atoms. The number of ether oxygens (including phenoxy) is 2. The van der Waals surface area contributed by atoms with Crippen molar-refractivity contribution in [3.8, 4) is 17.6 Å². The molecule has 0 spiro atoms. The van der Waals surface area contributed by atoms with Crippen LogP contribution >= 0.6 is 0 Å². The fourth-order valence-corrected chi connectivity index (χ4v) is 4.15. The number of likely N-dealkylation sites (tertiary alicyclic amines) is 1. The molecule has 0 radical (unpaired) electrons. The van der Waals surface area contributed by atoms with E-state index in [2.05, 4.69) is 36.3 Å². The van der Waals surface area contributed by atoms with E-state index in [0.29, 0.717) is 35.4 Å². The molecule has 166 valence electrons. The third kappa shape index (κ3) is 4.79. The Morgan fingerprint density at radius 3 is 2.59 bits per heavy atom. The maximum absolute atomic E-state index is 9.71. The zero-order valence-corrected chi connectivity index (χ0v) is 19.2. The molecule has 1 aliphatic heterocycles. The van der Waals surface area contributed by atoms with E-state index in [1.54, 1.807) is 7.11 Å². The van der Waals surface area contributed by atoms with Gasteiger partial charge in [0.2, 0.25) is 0 Å². The first-order valence-electron chi connectivity index (χ1n) is 11.1. The number of hydrogen-bond acceptors (Lipinski definition) is 6. The van der Waals surface area contributed by atoms with Crippen LogP contribution in [0.25, 0.3) is 10.9 Å². The number of aromatic nitrogens is 1. The molecule has 3 aromatic rings. The Bertz CT molecular complexity index is 1160. The number of fused-ring (bicyclic) bond motifs is 1. The van der Waals surface area contributed by atoms with Crippen LogP contribution in [0.4, 0.5) is 11.5 Å². The number of nitrogens with one attached hydrogen (secondary N) is 1. The fraction of sp³-hybridized carbons (Fsp3) is 0.385. The SMILES string of the molecule is COc1cc2cc(C#N)c(Nc3ccc(C)cc3C)nc2cc1OCC1CCN(C)CC1. The summed E-state index contributed by atoms with van der Waals surface area (Å²) in [6.45, 7) is 6.98. The standard InChI is InChI=1S/C26H30N4O2/c1-17-5-6-22(18(2)11-17)28-26-21(15-27)12-20-13-24(31-4)25(14-23(20)29-26)32-16-19-7-9-30(3)10-8-19/h5-6,11-14,19H,7-10,16H2,1-4H3,(H,28,29). The van der Waals surface area contributed by atoms with E-state index < -0.39 is 0 Å². The topological polar surface area (TPSA) is 70.4 Å². The van der Waals surface area contributed by atoms with Gasteiger partial charge in [0, 0.05) is 17.1 Å². The zero-order valence-electron chi connectivity index (χ0n) is 19.2. The Kier molecular flexibility index (Phi) is 6.48. The van der Waals surface area contributed by atoms with Crippen molar-refractivity contribution in [3.63, 3.8) is 0 Å². The summed E-state index contributed by atoms with van der Waals surface area (Å²) >= 11 is 0. The van der Waals surface area contributed by atoms with Gasteiger partial charge in [0.1, 0.15) is 11.9 Å². The second-order valence-electron chi connectivity index (χ2n) is 8.69. The second-order valence-corrected chi connectivity index (χ2v) is 8.69. The molecule has 0 aliphatic carbocycles. The number of aryl methyl sites for hydroxylation is 2. The average molecular weight is 431 g/mol. The van der Waals surface area contributed by atoms with Crippen LogP contribution < -0.4 is 14.8 Å². The van der Waals surface area contributed by atoms with Crippen molar-refractivity contribution < 1.29 is 9.47 Å². The van der Waals surface area contributed by atoms with Gasteiger partial charge in [0.05, 0.1) is 24.8 Å². The van der Waals surface area contributed by atoms with Crippen LogP contribution in [0.2, 0.25) is 0 Å². The number of hydrogen-bond donors (Lipinski definition) is 1. The molecule has 1 saturated heterocycles. The van der Waals surface area contributed by atoms with Gasteiger partial charge in [-0.2, -0.15) is 5.26 Å². The molecule has 0 saturated carbocycles. The quantitative estimate of drug-likeness (QED) is 0.580. The van der Waals surface area contributed by atoms with Crippen molar-refractivity contribution in [2.45, 2.75) is 26.7 Å². The van der Waals surface area contributed by atoms with Crippen LogP contribution in [-0.4, -0.2) is 43.7 Å². The van der Waals surface area contributed by atoms with Gasteiger partial charge in [-0.05, 0) is 76.5 Å². The molecule has 1 fully saturated rings. The van der Waals surface area contributed by atoms with Gasteiger partial charge in [0.15, 0.2) is 11.5 Å². The summed E-state index contributed by atoms with van der Waals surface area (Å²) in [5.41, 5.74) is 4.48. The predicted molar refractivity (Wildman–Crippen MR) is 128 cm³/mol. The Labute approximate surface area is 189 Å². The van der Waals surface area contributed by atoms with E-state index in [-0.39, 0.29) is 0 Å². The van der Waals surface area contributed by atoms with E-state index in [9.17, 15) is 5.26 Å². The van der Waals surface area contributed by atoms with Crippen molar-refractivity contribution in [1.82, 2.24) is 9.88 Å². The first-order chi connectivity index (χ1) is 15.5. The first kappa shape index (κ1) is 21.9. The molecule has 6 heteroatoms. The summed E-state index contributed by atoms with van der Waals surface area (Å²) < 4.78 is 11.8. The molecule has 4 rings (SSSR count). The number of piperidine rings is 1. The Morgan fingerprint density at radius 2 is 1.91 bits per heavy atom. The molecule has 0 atom stereocenters. The lowest BCUT2D eigenvalue weighted by molar-refractivity contribution is 0.157. The Morgan fingerprint density at radius 1 is 1.12 bits per heavy atom. The lowest BCUT2D eigenvalue weighted by atomic mass is 9.98. The summed E-state index contributed by atoms with van der Waals surface area (Å²) in [5, 5.41) is 13.9. The third-order valence-electron chi connectivity index (χ3n) is 6.17. The highest BCUT2D eigenvalue weighted by atomic mass is 16.5. The molecule has 32 heavy (non-hydrogen) atoms. The Hall–Kier alpha value is -3.30. The smallest absolute Gasteiger partial charge is 0.163 e. The van der Waals surface area contributed by atoms with Gasteiger partial charge < -0.3 is 19.7 Å². The number of methoxy groups -OCH3 is 1. The molecular weight excluding hydrogens is 400 g/mol. The zero-order chi connectivity index (χ0) is 22.7. The van der Waals surface area contributed by atoms with E-state index in [4.69, 9.17) is 14.5 Å². The molecule has 2 heterocycles. The van der Waals surface area contributed by atoms with Crippen LogP contribution in [-0.2, 0) is 0 Å². The minimum absolute atomic E-state index is 0.486. The van der Waals surface area contributed by atoms with E-state index in [1.807, 2.05) is 37.3 Å². The highest BCUT2D eigenvalue weighted by molar-refractivity contribution is 5.87. The van der Waals surface area contributed by atoms with Crippen LogP contribution in [0.1, 0.15) is 29.5 Å². The van der Waals surface area contributed by atoms with Gasteiger partial charge >= 0.3 is 0 Å². The van der Waals surface area contributed by atoms with Gasteiger partial charge in [0.25, 0.3) is 0 Å². The molecule has 1 N–H and O–H groups in total. The summed E-state index contributed by atoms with van der Waals surface area (Å²) in [6, 6.07) is 14.1. The van der Waals surface area contributed by atoms with Crippen molar-refractivity contribution in [2.24, 2.45) is 5.92 Å². The molecule has 1 aromatic heterocycles. The highest BCUT2D eigenvalue weighted by Gasteiger charge is 2.19. The van der Waals surface area contributed by atoms with Crippen LogP contribution in [0.15, 0.2) is 36.4 Å². The van der Waals surface area contributed by atoms with Crippen LogP contribution in [0.3, 0.4) is 0 Å². The fourth-order valence-electron chi connectivity index (χ4n) is 4.15. The van der Waals surface area contributed by atoms with Gasteiger partial charge in [-0.25, -0.2) is 4.98 Å². The van der Waals surface area contributed by atoms with Gasteiger partial charge in [-0.3, -0.25) is 0 Å². The number of pyridine rings is 1. The van der Waals surface area contributed by atoms with Crippen molar-refractivity contribution in [2.75, 3.05) is 39.2 Å². The number of anilines is 2. The third-order valence-corrected chi connectivity index (χ3v) is 6.17. The van der Waals surface area contributed by atoms with Crippen molar-refractivity contribution in [1.29, 1.82) is 5.26 Å². The van der Waals surface area contributed by atoms with Gasteiger partial charge in [-0.1, -0.05) is 17.7 Å². The van der Waals surface area contributed by atoms with Crippen LogP contribution in [0, 0.1) is 31.1 Å². The lowest BCUT2D eigenvalue weighted by Gasteiger charge is -2.28. The largest absolute Gasteiger partial charge is 0.493 e. The van der Waals surface area contributed by atoms with Crippen molar-refractivity contribution in [3.05, 3.63) is 53.1 Å². The number of nitriles is 1. The maximum Gasteiger partial charge on any atom is 0.163 e. The van der Waals surface area contributed by atoms with Gasteiger partial charge in [-0.15, -0.1) is 0 Å². The number of rotatable bonds is 6. The normalized spacial score (nSPS) is 14.8. The minimum atomic E-state index is 0.486. The van der Waals surface area contributed by atoms with E-state index >= 15 is 0 Å². The number of benzene rings is 2. The average Bonchev–Trinajstić information content (AvgIpc) is 2.79. The Balaban J connectivity index is 1.63. The predicted octanol–water partition coefficient (Wildman–Crippen LogP) is 5.20. The van der Waals surface area contributed by atoms with E-state index in [0.717, 1.165) is 48.1 Å². The second kappa shape index (κ2) is 9.46. The molecule has 1 aliphatic rings. The summed E-state index contributed by atoms with van der Waals surface area (Å²) in [7, 11) is 3.80. The maximum atomic E-state index is 9.71. The summed E-state index contributed by atoms with van der Waals surface area (Å²) in [6.07, 6.45) is 2.28. The first-order valence-corrected chi connectivity index (χ1v) is 11.1. The molecule has 6 nitrogen and oxygen atoms in total. The van der Waals surface area contributed by atoms with Crippen LogP contribution in [0.5, 0.6) is 11.5 Å². The monoisotopic (exact) mass is 430 g/mol. The minimum Gasteiger partial charge on any atom is -0.493 e. The van der Waals surface area contributed by atoms with Crippen molar-refractivity contribution >= 4 is 22.4 Å². The van der Waals surface area contributed by atoms with E-state index in [1.165, 1.54) is 5.56 Å². The molecular formula is C26H30N4O2. The lowest BCUT2D eigenvalue weighted by Crippen LogP contribution is -2.32. The summed E-state index contributed by atoms with van der Waals surface area (Å²) in [4.78, 5) is 7.13.